The predicted octanol–water partition coefficient (Wildman–Crippen LogP) is 2.21. The maximum atomic E-state index is 14.9. The summed E-state index contributed by atoms with van der Waals surface area (Å²) in [5.41, 5.74) is 2.47. The zero-order valence-corrected chi connectivity index (χ0v) is 15.8. The molecule has 0 saturated heterocycles. The van der Waals surface area contributed by atoms with E-state index in [0.29, 0.717) is 43.6 Å². The van der Waals surface area contributed by atoms with Gasteiger partial charge < -0.3 is 9.80 Å². The lowest BCUT2D eigenvalue weighted by Gasteiger charge is -2.39. The van der Waals surface area contributed by atoms with Crippen LogP contribution in [0.2, 0.25) is 0 Å². The summed E-state index contributed by atoms with van der Waals surface area (Å²) in [6.07, 6.45) is 4.65. The fourth-order valence-corrected chi connectivity index (χ4v) is 4.88. The number of hydrogen-bond donors (Lipinski definition) is 1. The van der Waals surface area contributed by atoms with Crippen molar-refractivity contribution in [1.29, 1.82) is 0 Å². The molecule has 0 radical (unpaired) electrons. The van der Waals surface area contributed by atoms with E-state index in [0.717, 1.165) is 10.5 Å². The Hall–Kier alpha value is -2.08. The molecular formula is C21H24F3N2O+. The normalized spacial score (nSPS) is 25.5. The molecule has 3 atom stereocenters. The molecule has 4 rings (SSSR count). The highest BCUT2D eigenvalue weighted by atomic mass is 19.2. The minimum atomic E-state index is -1.41. The van der Waals surface area contributed by atoms with Crippen molar-refractivity contribution in [2.45, 2.75) is 32.7 Å². The molecule has 3 nitrogen and oxygen atoms in total. The second kappa shape index (κ2) is 6.51. The molecule has 1 aliphatic heterocycles. The number of allylic oxidation sites excluding steroid dienone is 1. The number of rotatable bonds is 3. The van der Waals surface area contributed by atoms with E-state index in [-0.39, 0.29) is 29.0 Å². The third kappa shape index (κ3) is 2.57. The number of nitrogens with zero attached hydrogens (tertiary/aromatic N) is 1. The van der Waals surface area contributed by atoms with Crippen LogP contribution in [0, 0.1) is 23.4 Å². The number of hydrogen-bond acceptors (Lipinski definition) is 1. The molecule has 3 aliphatic rings. The van der Waals surface area contributed by atoms with Crippen molar-refractivity contribution >= 4 is 17.1 Å². The minimum absolute atomic E-state index is 0.00581. The molecule has 1 unspecified atom stereocenters. The highest BCUT2D eigenvalue weighted by Gasteiger charge is 2.44. The second-order valence-corrected chi connectivity index (χ2v) is 7.65. The molecule has 6 heteroatoms. The van der Waals surface area contributed by atoms with Crippen molar-refractivity contribution in [1.82, 2.24) is 4.90 Å². The third-order valence-electron chi connectivity index (χ3n) is 6.29. The lowest BCUT2D eigenvalue weighted by molar-refractivity contribution is -0.899. The summed E-state index contributed by atoms with van der Waals surface area (Å²) in [7, 11) is 1.99. The van der Waals surface area contributed by atoms with Crippen LogP contribution >= 0.6 is 0 Å². The third-order valence-corrected chi connectivity index (χ3v) is 6.29. The van der Waals surface area contributed by atoms with Crippen LogP contribution in [0.1, 0.15) is 37.0 Å². The number of benzene rings is 1. The maximum Gasteiger partial charge on any atom is 0.235 e. The van der Waals surface area contributed by atoms with Gasteiger partial charge in [-0.25, -0.2) is 13.2 Å². The molecule has 1 N–H and O–H groups in total. The van der Waals surface area contributed by atoms with Crippen LogP contribution in [0.15, 0.2) is 12.2 Å². The number of amides is 1. The summed E-state index contributed by atoms with van der Waals surface area (Å²) >= 11 is 0. The van der Waals surface area contributed by atoms with Gasteiger partial charge in [-0.2, -0.15) is 0 Å². The Kier molecular flexibility index (Phi) is 4.41. The smallest absolute Gasteiger partial charge is 0.235 e. The lowest BCUT2D eigenvalue weighted by Crippen LogP contribution is -3.14. The van der Waals surface area contributed by atoms with Gasteiger partial charge in [0.05, 0.1) is 13.6 Å². The van der Waals surface area contributed by atoms with Crippen molar-refractivity contribution in [3.63, 3.8) is 0 Å². The molecule has 0 spiro atoms. The summed E-state index contributed by atoms with van der Waals surface area (Å²) in [5.74, 6) is -3.99. The van der Waals surface area contributed by atoms with Crippen LogP contribution in [0.4, 0.5) is 13.2 Å². The first kappa shape index (κ1) is 18.3. The average Bonchev–Trinajstić information content (AvgIpc) is 3.08. The van der Waals surface area contributed by atoms with Crippen molar-refractivity contribution in [2.75, 3.05) is 26.7 Å². The minimum Gasteiger partial charge on any atom is -0.343 e. The number of halogens is 3. The van der Waals surface area contributed by atoms with E-state index in [9.17, 15) is 18.0 Å². The zero-order valence-electron chi connectivity index (χ0n) is 15.8. The fourth-order valence-electron chi connectivity index (χ4n) is 4.88. The molecule has 1 aromatic carbocycles. The second-order valence-electron chi connectivity index (χ2n) is 7.65. The van der Waals surface area contributed by atoms with Gasteiger partial charge >= 0.3 is 0 Å². The molecule has 0 bridgehead atoms. The van der Waals surface area contributed by atoms with Gasteiger partial charge in [-0.1, -0.05) is 12.2 Å². The van der Waals surface area contributed by atoms with Gasteiger partial charge in [0.2, 0.25) is 5.91 Å². The quantitative estimate of drug-likeness (QED) is 0.803. The van der Waals surface area contributed by atoms with Gasteiger partial charge in [-0.05, 0) is 31.4 Å². The number of carbonyl (C=O) groups is 1. The Balaban J connectivity index is 1.88. The molecule has 0 saturated carbocycles. The zero-order chi connectivity index (χ0) is 19.5. The first-order valence-electron chi connectivity index (χ1n) is 9.60. The topological polar surface area (TPSA) is 24.8 Å². The Bertz CT molecular complexity index is 886. The first-order chi connectivity index (χ1) is 12.9. The van der Waals surface area contributed by atoms with Crippen molar-refractivity contribution in [3.05, 3.63) is 46.3 Å². The summed E-state index contributed by atoms with van der Waals surface area (Å²) in [6, 6.07) is -0.0465. The van der Waals surface area contributed by atoms with E-state index in [1.54, 1.807) is 4.90 Å². The SMILES string of the molecule is CCN(CC)C(=O)[C@@H]1C=C2c3c(F)c(F)c(F)c4c3C(=CC4)C[C@H]2[NH+](C)C1. The molecule has 27 heavy (non-hydrogen) atoms. The Morgan fingerprint density at radius 3 is 2.52 bits per heavy atom. The molecule has 0 aromatic heterocycles. The predicted molar refractivity (Wildman–Crippen MR) is 97.6 cm³/mol. The number of carbonyl (C=O) groups excluding carboxylic acids is 1. The molecule has 1 aromatic rings. The average molecular weight is 377 g/mol. The number of fused-ring (bicyclic) bond motifs is 2. The Labute approximate surface area is 157 Å². The standard InChI is InChI=1S/C21H23F3N2O/c1-4-26(5-2)21(27)12-8-14-15(25(3)10-12)9-11-6-7-13-16(11)17(14)19(23)20(24)18(13)22/h6,8,12,15H,4-5,7,9-10H2,1-3H3/p+1/t12-,15-/m1/s1. The molecule has 2 aliphatic carbocycles. The van der Waals surface area contributed by atoms with Crippen molar-refractivity contribution < 1.29 is 22.9 Å². The van der Waals surface area contributed by atoms with E-state index in [2.05, 4.69) is 0 Å². The van der Waals surface area contributed by atoms with Gasteiger partial charge in [0.15, 0.2) is 17.5 Å². The van der Waals surface area contributed by atoms with Crippen LogP contribution in [-0.2, 0) is 11.2 Å². The summed E-state index contributed by atoms with van der Waals surface area (Å²) in [6.45, 7) is 5.69. The highest BCUT2D eigenvalue weighted by Crippen LogP contribution is 2.46. The van der Waals surface area contributed by atoms with Crippen molar-refractivity contribution in [2.24, 2.45) is 5.92 Å². The Morgan fingerprint density at radius 1 is 1.15 bits per heavy atom. The van der Waals surface area contributed by atoms with Gasteiger partial charge in [0, 0.05) is 36.2 Å². The van der Waals surface area contributed by atoms with Gasteiger partial charge in [0.1, 0.15) is 12.0 Å². The monoisotopic (exact) mass is 377 g/mol. The number of quaternary nitrogens is 1. The lowest BCUT2D eigenvalue weighted by atomic mass is 9.76. The molecule has 144 valence electrons. The summed E-state index contributed by atoms with van der Waals surface area (Å²) in [4.78, 5) is 15.7. The molecule has 1 amide bonds. The summed E-state index contributed by atoms with van der Waals surface area (Å²) in [5, 5.41) is 0. The van der Waals surface area contributed by atoms with E-state index in [1.165, 1.54) is 0 Å². The largest absolute Gasteiger partial charge is 0.343 e. The van der Waals surface area contributed by atoms with E-state index in [4.69, 9.17) is 0 Å². The number of nitrogens with one attached hydrogen (secondary N) is 1. The van der Waals surface area contributed by atoms with Crippen LogP contribution in [0.5, 0.6) is 0 Å². The van der Waals surface area contributed by atoms with Crippen LogP contribution in [0.25, 0.3) is 11.1 Å². The fraction of sp³-hybridized carbons (Fsp3) is 0.476. The van der Waals surface area contributed by atoms with Crippen LogP contribution in [-0.4, -0.2) is 43.5 Å². The van der Waals surface area contributed by atoms with Gasteiger partial charge in [-0.3, -0.25) is 4.79 Å². The number of likely N-dealkylation sites (N-methyl/N-ethyl adjacent to an activating group) is 1. The molecule has 0 fully saturated rings. The van der Waals surface area contributed by atoms with E-state index >= 15 is 0 Å². The van der Waals surface area contributed by atoms with Gasteiger partial charge in [-0.15, -0.1) is 0 Å². The van der Waals surface area contributed by atoms with Crippen LogP contribution in [0.3, 0.4) is 0 Å². The molecular weight excluding hydrogens is 353 g/mol. The maximum absolute atomic E-state index is 14.9. The van der Waals surface area contributed by atoms with E-state index in [1.807, 2.05) is 33.0 Å². The van der Waals surface area contributed by atoms with E-state index < -0.39 is 17.5 Å². The van der Waals surface area contributed by atoms with Crippen LogP contribution < -0.4 is 4.90 Å². The first-order valence-corrected chi connectivity index (χ1v) is 9.60. The summed E-state index contributed by atoms with van der Waals surface area (Å²) < 4.78 is 43.4. The highest BCUT2D eigenvalue weighted by molar-refractivity contribution is 5.92. The molecule has 1 heterocycles. The van der Waals surface area contributed by atoms with Gasteiger partial charge in [0.25, 0.3) is 0 Å². The Morgan fingerprint density at radius 2 is 1.85 bits per heavy atom. The van der Waals surface area contributed by atoms with Crippen molar-refractivity contribution in [3.8, 4) is 0 Å².